The normalized spacial score (nSPS) is 23.9. The second-order valence-corrected chi connectivity index (χ2v) is 4.54. The predicted octanol–water partition coefficient (Wildman–Crippen LogP) is 1.66. The van der Waals surface area contributed by atoms with Crippen LogP contribution in [-0.2, 0) is 9.47 Å². The van der Waals surface area contributed by atoms with Gasteiger partial charge in [0.05, 0.1) is 6.61 Å². The first-order valence-electron chi connectivity index (χ1n) is 5.51. The third-order valence-electron chi connectivity index (χ3n) is 2.92. The van der Waals surface area contributed by atoms with E-state index in [0.717, 1.165) is 18.7 Å². The summed E-state index contributed by atoms with van der Waals surface area (Å²) >= 11 is 5.80. The van der Waals surface area contributed by atoms with Crippen molar-refractivity contribution in [3.8, 4) is 0 Å². The van der Waals surface area contributed by atoms with Crippen LogP contribution in [0.2, 0.25) is 5.28 Å². The molecule has 0 bridgehead atoms. The van der Waals surface area contributed by atoms with Crippen LogP contribution in [0.25, 0.3) is 0 Å². The monoisotopic (exact) mass is 257 g/mol. The summed E-state index contributed by atoms with van der Waals surface area (Å²) in [7, 11) is 1.70. The topological polar surface area (TPSA) is 56.3 Å². The van der Waals surface area contributed by atoms with Gasteiger partial charge in [-0.1, -0.05) is 0 Å². The molecule has 1 aliphatic heterocycles. The number of methoxy groups -OCH3 is 1. The number of nitrogens with zero attached hydrogens (tertiary/aromatic N) is 2. The molecular weight excluding hydrogens is 242 g/mol. The van der Waals surface area contributed by atoms with Crippen LogP contribution in [0.4, 0.5) is 5.82 Å². The molecule has 2 heterocycles. The predicted molar refractivity (Wildman–Crippen MR) is 65.4 cm³/mol. The van der Waals surface area contributed by atoms with Crippen molar-refractivity contribution in [2.45, 2.75) is 18.9 Å². The van der Waals surface area contributed by atoms with Crippen molar-refractivity contribution in [3.05, 3.63) is 17.0 Å². The minimum absolute atomic E-state index is 0.252. The quantitative estimate of drug-likeness (QED) is 0.832. The van der Waals surface area contributed by atoms with Gasteiger partial charge < -0.3 is 14.8 Å². The molecule has 1 aromatic heterocycles. The number of hydrogen-bond acceptors (Lipinski definition) is 5. The highest BCUT2D eigenvalue weighted by Crippen LogP contribution is 2.23. The van der Waals surface area contributed by atoms with Gasteiger partial charge in [0.1, 0.15) is 11.4 Å². The first-order valence-corrected chi connectivity index (χ1v) is 5.89. The fourth-order valence-electron chi connectivity index (χ4n) is 1.84. The summed E-state index contributed by atoms with van der Waals surface area (Å²) in [5.41, 5.74) is 0.576. The Morgan fingerprint density at radius 2 is 2.41 bits per heavy atom. The average molecular weight is 258 g/mol. The molecule has 1 aromatic rings. The molecule has 1 atom stereocenters. The summed E-state index contributed by atoms with van der Waals surface area (Å²) < 4.78 is 10.9. The molecule has 1 saturated heterocycles. The first kappa shape index (κ1) is 12.5. The molecule has 1 fully saturated rings. The fraction of sp³-hybridized carbons (Fsp3) is 0.636. The highest BCUT2D eigenvalue weighted by Gasteiger charge is 2.34. The van der Waals surface area contributed by atoms with Gasteiger partial charge in [0, 0.05) is 38.4 Å². The largest absolute Gasteiger partial charge is 0.378 e. The molecule has 5 nitrogen and oxygen atoms in total. The van der Waals surface area contributed by atoms with Crippen molar-refractivity contribution in [2.24, 2.45) is 0 Å². The Balaban J connectivity index is 2.01. The smallest absolute Gasteiger partial charge is 0.224 e. The maximum Gasteiger partial charge on any atom is 0.224 e. The molecule has 94 valence electrons. The standard InChI is InChI=1S/C11H16ClN3O2/c1-8-5-9(15-10(12)14-8)13-6-11(16-2)3-4-17-7-11/h5H,3-4,6-7H2,1-2H3,(H,13,14,15). The maximum atomic E-state index is 5.80. The Morgan fingerprint density at radius 1 is 1.59 bits per heavy atom. The Hall–Kier alpha value is -0.910. The van der Waals surface area contributed by atoms with Crippen LogP contribution in [0, 0.1) is 6.92 Å². The van der Waals surface area contributed by atoms with Crippen LogP contribution in [0.3, 0.4) is 0 Å². The van der Waals surface area contributed by atoms with Crippen molar-refractivity contribution in [1.82, 2.24) is 9.97 Å². The summed E-state index contributed by atoms with van der Waals surface area (Å²) in [5.74, 6) is 0.714. The molecule has 17 heavy (non-hydrogen) atoms. The highest BCUT2D eigenvalue weighted by atomic mass is 35.5. The van der Waals surface area contributed by atoms with E-state index in [0.29, 0.717) is 19.0 Å². The van der Waals surface area contributed by atoms with Crippen molar-refractivity contribution < 1.29 is 9.47 Å². The molecular formula is C11H16ClN3O2. The lowest BCUT2D eigenvalue weighted by atomic mass is 10.0. The summed E-state index contributed by atoms with van der Waals surface area (Å²) in [6.45, 7) is 3.87. The molecule has 0 radical (unpaired) electrons. The number of aryl methyl sites for hydroxylation is 1. The lowest BCUT2D eigenvalue weighted by Crippen LogP contribution is -2.39. The number of ether oxygens (including phenoxy) is 2. The average Bonchev–Trinajstić information content (AvgIpc) is 2.74. The number of nitrogens with one attached hydrogen (secondary N) is 1. The van der Waals surface area contributed by atoms with Crippen LogP contribution in [0.15, 0.2) is 6.07 Å². The van der Waals surface area contributed by atoms with Crippen molar-refractivity contribution in [2.75, 3.05) is 32.2 Å². The van der Waals surface area contributed by atoms with Gasteiger partial charge >= 0.3 is 0 Å². The van der Waals surface area contributed by atoms with Crippen molar-refractivity contribution >= 4 is 17.4 Å². The van der Waals surface area contributed by atoms with Gasteiger partial charge in [0.2, 0.25) is 5.28 Å². The maximum absolute atomic E-state index is 5.80. The van der Waals surface area contributed by atoms with E-state index in [-0.39, 0.29) is 10.9 Å². The van der Waals surface area contributed by atoms with E-state index >= 15 is 0 Å². The summed E-state index contributed by atoms with van der Waals surface area (Å²) in [6.07, 6.45) is 0.883. The van der Waals surface area contributed by atoms with E-state index in [9.17, 15) is 0 Å². The molecule has 1 unspecified atom stereocenters. The van der Waals surface area contributed by atoms with Gasteiger partial charge in [0.15, 0.2) is 0 Å². The Labute approximate surface area is 105 Å². The molecule has 0 saturated carbocycles. The van der Waals surface area contributed by atoms with Crippen LogP contribution in [0.5, 0.6) is 0 Å². The minimum Gasteiger partial charge on any atom is -0.378 e. The second kappa shape index (κ2) is 5.16. The number of aromatic nitrogens is 2. The lowest BCUT2D eigenvalue weighted by molar-refractivity contribution is -0.00625. The third-order valence-corrected chi connectivity index (χ3v) is 3.09. The Bertz CT molecular complexity index is 374. The first-order chi connectivity index (χ1) is 8.13. The Morgan fingerprint density at radius 3 is 3.00 bits per heavy atom. The summed E-state index contributed by atoms with van der Waals surface area (Å²) in [6, 6.07) is 1.85. The van der Waals surface area contributed by atoms with E-state index in [4.69, 9.17) is 21.1 Å². The SMILES string of the molecule is COC1(CNc2cc(C)nc(Cl)n2)CCOC1. The van der Waals surface area contributed by atoms with E-state index in [1.807, 2.05) is 13.0 Å². The molecule has 6 heteroatoms. The van der Waals surface area contributed by atoms with Crippen LogP contribution in [-0.4, -0.2) is 42.4 Å². The lowest BCUT2D eigenvalue weighted by Gasteiger charge is -2.26. The molecule has 0 spiro atoms. The van der Waals surface area contributed by atoms with Gasteiger partial charge in [-0.2, -0.15) is 0 Å². The van der Waals surface area contributed by atoms with E-state index in [2.05, 4.69) is 15.3 Å². The minimum atomic E-state index is -0.259. The van der Waals surface area contributed by atoms with Gasteiger partial charge in [-0.3, -0.25) is 0 Å². The number of anilines is 1. The number of rotatable bonds is 4. The zero-order valence-corrected chi connectivity index (χ0v) is 10.8. The van der Waals surface area contributed by atoms with Crippen molar-refractivity contribution in [1.29, 1.82) is 0 Å². The van der Waals surface area contributed by atoms with Gasteiger partial charge in [-0.25, -0.2) is 9.97 Å². The van der Waals surface area contributed by atoms with E-state index < -0.39 is 0 Å². The third kappa shape index (κ3) is 3.06. The van der Waals surface area contributed by atoms with E-state index in [1.54, 1.807) is 7.11 Å². The molecule has 1 N–H and O–H groups in total. The second-order valence-electron chi connectivity index (χ2n) is 4.21. The van der Waals surface area contributed by atoms with Crippen LogP contribution in [0.1, 0.15) is 12.1 Å². The molecule has 0 aromatic carbocycles. The molecule has 0 aliphatic carbocycles. The highest BCUT2D eigenvalue weighted by molar-refractivity contribution is 6.28. The summed E-state index contributed by atoms with van der Waals surface area (Å²) in [4.78, 5) is 8.12. The van der Waals surface area contributed by atoms with Crippen LogP contribution < -0.4 is 5.32 Å². The summed E-state index contributed by atoms with van der Waals surface area (Å²) in [5, 5.41) is 3.47. The van der Waals surface area contributed by atoms with Crippen molar-refractivity contribution in [3.63, 3.8) is 0 Å². The molecule has 0 amide bonds. The number of hydrogen-bond donors (Lipinski definition) is 1. The zero-order valence-electron chi connectivity index (χ0n) is 9.99. The fourth-order valence-corrected chi connectivity index (χ4v) is 2.06. The van der Waals surface area contributed by atoms with Gasteiger partial charge in [-0.05, 0) is 18.5 Å². The van der Waals surface area contributed by atoms with Gasteiger partial charge in [-0.15, -0.1) is 0 Å². The van der Waals surface area contributed by atoms with Crippen LogP contribution >= 0.6 is 11.6 Å². The molecule has 1 aliphatic rings. The Kier molecular flexibility index (Phi) is 3.81. The van der Waals surface area contributed by atoms with E-state index in [1.165, 1.54) is 0 Å². The molecule has 2 rings (SSSR count). The zero-order chi connectivity index (χ0) is 12.3. The number of halogens is 1. The van der Waals surface area contributed by atoms with Gasteiger partial charge in [0.25, 0.3) is 0 Å².